The summed E-state index contributed by atoms with van der Waals surface area (Å²) in [7, 11) is 0. The van der Waals surface area contributed by atoms with Crippen LogP contribution in [0.25, 0.3) is 55.7 Å². The molecule has 2 unspecified atom stereocenters. The molecule has 57 heavy (non-hydrogen) atoms. The van der Waals surface area contributed by atoms with E-state index in [4.69, 9.17) is 4.42 Å². The summed E-state index contributed by atoms with van der Waals surface area (Å²) >= 11 is 0. The summed E-state index contributed by atoms with van der Waals surface area (Å²) in [6.45, 7) is 4.73. The van der Waals surface area contributed by atoms with Crippen LogP contribution in [0.15, 0.2) is 193 Å². The molecule has 11 rings (SSSR count). The molecule has 8 aromatic rings. The average Bonchev–Trinajstić information content (AvgIpc) is 3.76. The van der Waals surface area contributed by atoms with Gasteiger partial charge in [-0.25, -0.2) is 0 Å². The van der Waals surface area contributed by atoms with Crippen LogP contribution < -0.4 is 4.90 Å². The minimum Gasteiger partial charge on any atom is -0.456 e. The first-order valence-corrected chi connectivity index (χ1v) is 20.3. The molecule has 0 bridgehead atoms. The van der Waals surface area contributed by atoms with Crippen LogP contribution in [0.4, 0.5) is 11.4 Å². The molecule has 0 spiro atoms. The lowest BCUT2D eigenvalue weighted by atomic mass is 9.77. The highest BCUT2D eigenvalue weighted by Crippen LogP contribution is 2.51. The van der Waals surface area contributed by atoms with Gasteiger partial charge in [0.15, 0.2) is 0 Å². The Morgan fingerprint density at radius 2 is 1.26 bits per heavy atom. The van der Waals surface area contributed by atoms with Crippen molar-refractivity contribution in [2.24, 2.45) is 0 Å². The Morgan fingerprint density at radius 1 is 0.561 bits per heavy atom. The van der Waals surface area contributed by atoms with Gasteiger partial charge in [0.05, 0.1) is 6.04 Å². The summed E-state index contributed by atoms with van der Waals surface area (Å²) in [6, 6.07) is 60.7. The molecule has 0 saturated heterocycles. The second-order valence-electron chi connectivity index (χ2n) is 16.4. The van der Waals surface area contributed by atoms with E-state index < -0.39 is 0 Å². The zero-order chi connectivity index (χ0) is 38.1. The van der Waals surface area contributed by atoms with Crippen LogP contribution in [-0.4, -0.2) is 6.04 Å². The molecule has 3 aliphatic rings. The van der Waals surface area contributed by atoms with Gasteiger partial charge in [0.1, 0.15) is 11.3 Å². The minimum absolute atomic E-state index is 0.0563. The van der Waals surface area contributed by atoms with Crippen molar-refractivity contribution in [3.8, 4) is 44.7 Å². The first kappa shape index (κ1) is 33.7. The fourth-order valence-electron chi connectivity index (χ4n) is 9.88. The molecule has 0 aliphatic heterocycles. The van der Waals surface area contributed by atoms with Crippen molar-refractivity contribution in [1.29, 1.82) is 0 Å². The van der Waals surface area contributed by atoms with E-state index in [0.29, 0.717) is 0 Å². The second-order valence-corrected chi connectivity index (χ2v) is 16.4. The lowest BCUT2D eigenvalue weighted by molar-refractivity contribution is 0.615. The Bertz CT molecular complexity index is 2890. The van der Waals surface area contributed by atoms with Crippen molar-refractivity contribution in [3.05, 3.63) is 216 Å². The summed E-state index contributed by atoms with van der Waals surface area (Å²) < 4.78 is 6.79. The quantitative estimate of drug-likeness (QED) is 0.169. The van der Waals surface area contributed by atoms with Crippen LogP contribution in [0, 0.1) is 0 Å². The van der Waals surface area contributed by atoms with E-state index in [1.807, 2.05) is 0 Å². The molecule has 2 atom stereocenters. The van der Waals surface area contributed by atoms with Crippen LogP contribution >= 0.6 is 0 Å². The van der Waals surface area contributed by atoms with Crippen molar-refractivity contribution < 1.29 is 4.42 Å². The molecule has 274 valence electrons. The molecule has 2 nitrogen and oxygen atoms in total. The first-order chi connectivity index (χ1) is 28.0. The number of hydrogen-bond acceptors (Lipinski definition) is 2. The zero-order valence-corrected chi connectivity index (χ0v) is 32.3. The third-order valence-electron chi connectivity index (χ3n) is 12.8. The lowest BCUT2D eigenvalue weighted by Crippen LogP contribution is -2.30. The average molecular weight is 734 g/mol. The third-order valence-corrected chi connectivity index (χ3v) is 12.8. The number of furan rings is 1. The lowest BCUT2D eigenvalue weighted by Gasteiger charge is -2.34. The number of nitrogens with zero attached hydrogens (tertiary/aromatic N) is 1. The summed E-state index contributed by atoms with van der Waals surface area (Å²) in [5, 5.41) is 1.20. The van der Waals surface area contributed by atoms with E-state index in [1.165, 1.54) is 78.0 Å². The number of hydrogen-bond donors (Lipinski definition) is 0. The molecular weight excluding hydrogens is 691 g/mol. The Kier molecular flexibility index (Phi) is 7.83. The monoisotopic (exact) mass is 733 g/mol. The molecule has 0 radical (unpaired) electrons. The van der Waals surface area contributed by atoms with Crippen molar-refractivity contribution in [2.45, 2.75) is 44.1 Å². The number of fused-ring (bicyclic) bond motifs is 8. The molecule has 1 aromatic heterocycles. The molecule has 3 aliphatic carbocycles. The van der Waals surface area contributed by atoms with Crippen LogP contribution in [-0.2, 0) is 11.8 Å². The summed E-state index contributed by atoms with van der Waals surface area (Å²) in [5.41, 5.74) is 18.8. The summed E-state index contributed by atoms with van der Waals surface area (Å²) in [5.74, 6) is 1.23. The summed E-state index contributed by atoms with van der Waals surface area (Å²) in [6.07, 6.45) is 10.8. The molecule has 0 fully saturated rings. The van der Waals surface area contributed by atoms with Crippen LogP contribution in [0.2, 0.25) is 0 Å². The van der Waals surface area contributed by atoms with Gasteiger partial charge in [-0.1, -0.05) is 166 Å². The molecule has 0 amide bonds. The predicted octanol–water partition coefficient (Wildman–Crippen LogP) is 14.5. The molecule has 0 N–H and O–H groups in total. The Morgan fingerprint density at radius 3 is 2.09 bits per heavy atom. The Hall–Kier alpha value is -6.64. The fraction of sp³-hybridized carbons (Fsp3) is 0.127. The van der Waals surface area contributed by atoms with Crippen molar-refractivity contribution in [2.75, 3.05) is 4.90 Å². The molecule has 0 saturated carbocycles. The molecule has 7 aromatic carbocycles. The van der Waals surface area contributed by atoms with E-state index in [1.54, 1.807) is 0 Å². The van der Waals surface area contributed by atoms with Crippen molar-refractivity contribution in [3.63, 3.8) is 0 Å². The van der Waals surface area contributed by atoms with E-state index in [9.17, 15) is 0 Å². The SMILES string of the molecule is CC1(C)c2ccccc2-c2ccc(N(c3ccc(C4Cc5c(oc6cc(-c7cccc(-c8ccccc8)c7)ccc56)-c5ccccc54)cc3)C3C=CC=CC3)cc21. The van der Waals surface area contributed by atoms with Crippen molar-refractivity contribution in [1.82, 2.24) is 0 Å². The van der Waals surface area contributed by atoms with Gasteiger partial charge >= 0.3 is 0 Å². The number of allylic oxidation sites excluding steroid dienone is 2. The number of rotatable bonds is 6. The maximum Gasteiger partial charge on any atom is 0.138 e. The minimum atomic E-state index is -0.0563. The van der Waals surface area contributed by atoms with E-state index in [0.717, 1.165) is 29.7 Å². The maximum absolute atomic E-state index is 6.79. The Balaban J connectivity index is 0.942. The van der Waals surface area contributed by atoms with Gasteiger partial charge in [-0.2, -0.15) is 0 Å². The predicted molar refractivity (Wildman–Crippen MR) is 237 cm³/mol. The van der Waals surface area contributed by atoms with Gasteiger partial charge in [-0.05, 0) is 105 Å². The summed E-state index contributed by atoms with van der Waals surface area (Å²) in [4.78, 5) is 2.53. The van der Waals surface area contributed by atoms with Gasteiger partial charge in [0, 0.05) is 39.2 Å². The molecule has 1 heterocycles. The van der Waals surface area contributed by atoms with Crippen molar-refractivity contribution >= 4 is 22.3 Å². The van der Waals surface area contributed by atoms with E-state index in [-0.39, 0.29) is 17.4 Å². The first-order valence-electron chi connectivity index (χ1n) is 20.3. The van der Waals surface area contributed by atoms with E-state index >= 15 is 0 Å². The van der Waals surface area contributed by atoms with Gasteiger partial charge in [0.25, 0.3) is 0 Å². The zero-order valence-electron chi connectivity index (χ0n) is 32.3. The molecule has 2 heteroatoms. The van der Waals surface area contributed by atoms with Gasteiger partial charge in [-0.3, -0.25) is 0 Å². The highest BCUT2D eigenvalue weighted by Gasteiger charge is 2.36. The van der Waals surface area contributed by atoms with Gasteiger partial charge < -0.3 is 9.32 Å². The number of benzene rings is 7. The molecular formula is C55H43NO. The topological polar surface area (TPSA) is 16.4 Å². The smallest absolute Gasteiger partial charge is 0.138 e. The highest BCUT2D eigenvalue weighted by molar-refractivity contribution is 5.93. The van der Waals surface area contributed by atoms with Gasteiger partial charge in [-0.15, -0.1) is 0 Å². The fourth-order valence-corrected chi connectivity index (χ4v) is 9.88. The maximum atomic E-state index is 6.79. The van der Waals surface area contributed by atoms with Crippen LogP contribution in [0.3, 0.4) is 0 Å². The van der Waals surface area contributed by atoms with Crippen LogP contribution in [0.5, 0.6) is 0 Å². The normalized spacial score (nSPS) is 17.2. The largest absolute Gasteiger partial charge is 0.456 e. The van der Waals surface area contributed by atoms with E-state index in [2.05, 4.69) is 207 Å². The standard InChI is InChI=1S/C55H43NO/c1-55(2)51-23-12-11-21-45(51)46-31-29-43(34-52(46)55)56(41-18-7-4-8-19-41)42-27-24-37(25-28-42)49-35-50-47-30-26-40(33-53(47)57-54(50)48-22-10-9-20-44(48)49)39-17-13-16-38(32-39)36-14-5-3-6-15-36/h3-18,20-34,41,49H,19,35H2,1-2H3. The number of anilines is 2. The van der Waals surface area contributed by atoms with Gasteiger partial charge in [0.2, 0.25) is 0 Å². The Labute approximate surface area is 335 Å². The third kappa shape index (κ3) is 5.54. The van der Waals surface area contributed by atoms with Crippen LogP contribution in [0.1, 0.15) is 54.0 Å². The highest BCUT2D eigenvalue weighted by atomic mass is 16.3. The second kappa shape index (κ2) is 13.2.